The molecule has 0 aromatic rings. The highest BCUT2D eigenvalue weighted by Gasteiger charge is 2.39. The first-order valence-corrected chi connectivity index (χ1v) is 8.62. The zero-order chi connectivity index (χ0) is 15.8. The van der Waals surface area contributed by atoms with E-state index in [-0.39, 0.29) is 23.9 Å². The minimum Gasteiger partial charge on any atom is -0.342 e. The molecule has 0 aromatic carbocycles. The SMILES string of the molecule is CCCCCCCN1C(=O)C(CC(C)C)NC(=O)C1CC. The summed E-state index contributed by atoms with van der Waals surface area (Å²) < 4.78 is 0. The maximum Gasteiger partial charge on any atom is 0.245 e. The summed E-state index contributed by atoms with van der Waals surface area (Å²) in [7, 11) is 0. The fraction of sp³-hybridized carbons (Fsp3) is 0.882. The fourth-order valence-corrected chi connectivity index (χ4v) is 3.01. The summed E-state index contributed by atoms with van der Waals surface area (Å²) in [6, 6.07) is -0.594. The third-order valence-electron chi connectivity index (χ3n) is 4.17. The van der Waals surface area contributed by atoms with E-state index in [4.69, 9.17) is 0 Å². The van der Waals surface area contributed by atoms with E-state index in [1.165, 1.54) is 19.3 Å². The lowest BCUT2D eigenvalue weighted by Crippen LogP contribution is -2.63. The molecule has 0 saturated carbocycles. The van der Waals surface area contributed by atoms with E-state index in [0.29, 0.717) is 12.3 Å². The van der Waals surface area contributed by atoms with Crippen LogP contribution in [0.3, 0.4) is 0 Å². The Morgan fingerprint density at radius 2 is 1.76 bits per heavy atom. The van der Waals surface area contributed by atoms with E-state index in [1.807, 2.05) is 11.8 Å². The van der Waals surface area contributed by atoms with E-state index in [1.54, 1.807) is 0 Å². The molecule has 1 heterocycles. The molecule has 4 nitrogen and oxygen atoms in total. The Morgan fingerprint density at radius 1 is 1.10 bits per heavy atom. The number of piperazine rings is 1. The van der Waals surface area contributed by atoms with Gasteiger partial charge in [-0.2, -0.15) is 0 Å². The molecule has 1 fully saturated rings. The van der Waals surface area contributed by atoms with E-state index < -0.39 is 0 Å². The van der Waals surface area contributed by atoms with Gasteiger partial charge in [0.2, 0.25) is 11.8 Å². The van der Waals surface area contributed by atoms with Gasteiger partial charge >= 0.3 is 0 Å². The Bertz CT molecular complexity index is 342. The Kier molecular flexibility index (Phi) is 7.76. The topological polar surface area (TPSA) is 49.4 Å². The second-order valence-corrected chi connectivity index (χ2v) is 6.56. The van der Waals surface area contributed by atoms with Crippen LogP contribution in [-0.2, 0) is 9.59 Å². The van der Waals surface area contributed by atoms with Crippen LogP contribution in [0.1, 0.15) is 72.6 Å². The van der Waals surface area contributed by atoms with Crippen molar-refractivity contribution in [3.63, 3.8) is 0 Å². The fourth-order valence-electron chi connectivity index (χ4n) is 3.01. The molecule has 2 amide bonds. The molecule has 1 aliphatic rings. The largest absolute Gasteiger partial charge is 0.342 e. The number of nitrogens with one attached hydrogen (secondary N) is 1. The molecule has 0 spiro atoms. The van der Waals surface area contributed by atoms with Crippen LogP contribution in [0.5, 0.6) is 0 Å². The molecule has 1 aliphatic heterocycles. The first kappa shape index (κ1) is 18.0. The molecule has 0 radical (unpaired) electrons. The molecular formula is C17H32N2O2. The second kappa shape index (κ2) is 9.06. The van der Waals surface area contributed by atoms with Gasteiger partial charge in [0.05, 0.1) is 0 Å². The van der Waals surface area contributed by atoms with Crippen molar-refractivity contribution in [3.05, 3.63) is 0 Å². The Hall–Kier alpha value is -1.06. The number of carbonyl (C=O) groups is 2. The van der Waals surface area contributed by atoms with Crippen molar-refractivity contribution in [2.75, 3.05) is 6.54 Å². The smallest absolute Gasteiger partial charge is 0.245 e. The average molecular weight is 296 g/mol. The lowest BCUT2D eigenvalue weighted by molar-refractivity contribution is -0.150. The highest BCUT2D eigenvalue weighted by Crippen LogP contribution is 2.18. The van der Waals surface area contributed by atoms with Crippen LogP contribution in [0.25, 0.3) is 0 Å². The number of rotatable bonds is 9. The van der Waals surface area contributed by atoms with E-state index in [0.717, 1.165) is 25.8 Å². The molecular weight excluding hydrogens is 264 g/mol. The number of hydrogen-bond acceptors (Lipinski definition) is 2. The summed E-state index contributed by atoms with van der Waals surface area (Å²) in [6.45, 7) is 9.07. The quantitative estimate of drug-likeness (QED) is 0.665. The number of amides is 2. The Morgan fingerprint density at radius 3 is 2.33 bits per heavy atom. The highest BCUT2D eigenvalue weighted by atomic mass is 16.2. The number of nitrogens with zero attached hydrogens (tertiary/aromatic N) is 1. The molecule has 21 heavy (non-hydrogen) atoms. The van der Waals surface area contributed by atoms with Crippen LogP contribution in [0.2, 0.25) is 0 Å². The number of unbranched alkanes of at least 4 members (excludes halogenated alkanes) is 4. The maximum atomic E-state index is 12.6. The standard InChI is InChI=1S/C17H32N2O2/c1-5-7-8-9-10-11-19-15(6-2)16(20)18-14(17(19)21)12-13(3)4/h13-15H,5-12H2,1-4H3,(H,18,20). The summed E-state index contributed by atoms with van der Waals surface area (Å²) in [5.74, 6) is 0.547. The maximum absolute atomic E-state index is 12.6. The van der Waals surface area contributed by atoms with Gasteiger partial charge in [-0.05, 0) is 25.2 Å². The van der Waals surface area contributed by atoms with E-state index in [9.17, 15) is 9.59 Å². The van der Waals surface area contributed by atoms with Crippen molar-refractivity contribution in [2.45, 2.75) is 84.7 Å². The molecule has 4 heteroatoms. The molecule has 0 aromatic heterocycles. The first-order chi connectivity index (χ1) is 10.0. The Balaban J connectivity index is 2.61. The summed E-state index contributed by atoms with van der Waals surface area (Å²) >= 11 is 0. The van der Waals surface area contributed by atoms with Crippen LogP contribution >= 0.6 is 0 Å². The zero-order valence-corrected chi connectivity index (χ0v) is 14.2. The first-order valence-electron chi connectivity index (χ1n) is 8.62. The molecule has 1 rings (SSSR count). The lowest BCUT2D eigenvalue weighted by atomic mass is 9.97. The zero-order valence-electron chi connectivity index (χ0n) is 14.2. The molecule has 1 saturated heterocycles. The molecule has 122 valence electrons. The lowest BCUT2D eigenvalue weighted by Gasteiger charge is -2.39. The minimum atomic E-state index is -0.323. The van der Waals surface area contributed by atoms with Crippen LogP contribution in [0.15, 0.2) is 0 Å². The predicted octanol–water partition coefficient (Wildman–Crippen LogP) is 3.11. The van der Waals surface area contributed by atoms with E-state index in [2.05, 4.69) is 26.1 Å². The van der Waals surface area contributed by atoms with Crippen LogP contribution < -0.4 is 5.32 Å². The average Bonchev–Trinajstić information content (AvgIpc) is 2.42. The van der Waals surface area contributed by atoms with Crippen molar-refractivity contribution in [1.29, 1.82) is 0 Å². The van der Waals surface area contributed by atoms with Crippen molar-refractivity contribution in [1.82, 2.24) is 10.2 Å². The number of carbonyl (C=O) groups excluding carboxylic acids is 2. The minimum absolute atomic E-state index is 0.0244. The molecule has 0 aliphatic carbocycles. The van der Waals surface area contributed by atoms with E-state index >= 15 is 0 Å². The molecule has 1 N–H and O–H groups in total. The van der Waals surface area contributed by atoms with Gasteiger partial charge in [0, 0.05) is 6.54 Å². The second-order valence-electron chi connectivity index (χ2n) is 6.56. The molecule has 2 atom stereocenters. The summed E-state index contributed by atoms with van der Waals surface area (Å²) in [4.78, 5) is 26.6. The third-order valence-corrected chi connectivity index (χ3v) is 4.17. The third kappa shape index (κ3) is 5.33. The Labute approximate surface area is 129 Å². The van der Waals surface area contributed by atoms with Gasteiger partial charge in [-0.25, -0.2) is 0 Å². The normalized spacial score (nSPS) is 22.8. The van der Waals surface area contributed by atoms with Gasteiger partial charge in [-0.1, -0.05) is 53.4 Å². The molecule has 2 unspecified atom stereocenters. The summed E-state index contributed by atoms with van der Waals surface area (Å²) in [5, 5.41) is 2.91. The predicted molar refractivity (Wildman–Crippen MR) is 85.9 cm³/mol. The van der Waals surface area contributed by atoms with Gasteiger partial charge in [0.1, 0.15) is 12.1 Å². The van der Waals surface area contributed by atoms with Gasteiger partial charge in [0.25, 0.3) is 0 Å². The van der Waals surface area contributed by atoms with Crippen molar-refractivity contribution in [2.24, 2.45) is 5.92 Å². The van der Waals surface area contributed by atoms with Crippen LogP contribution in [0, 0.1) is 5.92 Å². The van der Waals surface area contributed by atoms with Gasteiger partial charge in [0.15, 0.2) is 0 Å². The van der Waals surface area contributed by atoms with Crippen LogP contribution in [0.4, 0.5) is 0 Å². The number of hydrogen-bond donors (Lipinski definition) is 1. The van der Waals surface area contributed by atoms with Crippen LogP contribution in [-0.4, -0.2) is 35.3 Å². The van der Waals surface area contributed by atoms with Crippen molar-refractivity contribution >= 4 is 11.8 Å². The summed E-state index contributed by atoms with van der Waals surface area (Å²) in [5.41, 5.74) is 0. The van der Waals surface area contributed by atoms with Crippen molar-refractivity contribution in [3.8, 4) is 0 Å². The van der Waals surface area contributed by atoms with Gasteiger partial charge in [-0.3, -0.25) is 9.59 Å². The van der Waals surface area contributed by atoms with Crippen molar-refractivity contribution < 1.29 is 9.59 Å². The van der Waals surface area contributed by atoms with Gasteiger partial charge in [-0.15, -0.1) is 0 Å². The molecule has 0 bridgehead atoms. The van der Waals surface area contributed by atoms with Gasteiger partial charge < -0.3 is 10.2 Å². The monoisotopic (exact) mass is 296 g/mol. The summed E-state index contributed by atoms with van der Waals surface area (Å²) in [6.07, 6.45) is 7.26. The highest BCUT2D eigenvalue weighted by molar-refractivity contribution is 5.96.